The molecule has 146 valence electrons. The molecule has 0 unspecified atom stereocenters. The highest BCUT2D eigenvalue weighted by molar-refractivity contribution is 7.14. The second-order valence-corrected chi connectivity index (χ2v) is 8.54. The Morgan fingerprint density at radius 2 is 2.07 bits per heavy atom. The van der Waals surface area contributed by atoms with E-state index in [4.69, 9.17) is 0 Å². The van der Waals surface area contributed by atoms with E-state index < -0.39 is 11.6 Å². The number of anilines is 1. The lowest BCUT2D eigenvalue weighted by atomic mass is 10.1. The van der Waals surface area contributed by atoms with E-state index in [0.717, 1.165) is 29.0 Å². The molecule has 0 bridgehead atoms. The second kappa shape index (κ2) is 7.01. The molecule has 1 saturated heterocycles. The maximum atomic E-state index is 12.2. The number of rotatable bonds is 5. The standard InChI is InChI=1S/C20H22N4O3S/c1-20(2)17(26)24(19(27)23-20)9-8-16(25)22-18-21-15(11-28-18)14-7-6-12-4-3-5-13(12)10-14/h6-7,10-11H,3-5,8-9H2,1-2H3,(H,23,27)(H,21,22,25). The molecule has 1 fully saturated rings. The maximum absolute atomic E-state index is 12.2. The molecule has 0 spiro atoms. The number of nitrogens with one attached hydrogen (secondary N) is 2. The van der Waals surface area contributed by atoms with Gasteiger partial charge in [-0.15, -0.1) is 11.3 Å². The summed E-state index contributed by atoms with van der Waals surface area (Å²) in [5.74, 6) is -0.599. The summed E-state index contributed by atoms with van der Waals surface area (Å²) in [6.45, 7) is 3.33. The van der Waals surface area contributed by atoms with Crippen LogP contribution in [0.15, 0.2) is 23.6 Å². The molecule has 4 rings (SSSR count). The van der Waals surface area contributed by atoms with E-state index in [1.54, 1.807) is 13.8 Å². The highest BCUT2D eigenvalue weighted by Crippen LogP contribution is 2.30. The van der Waals surface area contributed by atoms with Crippen LogP contribution in [0.2, 0.25) is 0 Å². The molecule has 7 nitrogen and oxygen atoms in total. The lowest BCUT2D eigenvalue weighted by Crippen LogP contribution is -2.40. The molecule has 2 heterocycles. The average Bonchev–Trinajstić information content (AvgIpc) is 3.33. The molecule has 8 heteroatoms. The van der Waals surface area contributed by atoms with Crippen molar-refractivity contribution in [3.63, 3.8) is 0 Å². The molecule has 2 aliphatic rings. The first kappa shape index (κ1) is 18.6. The largest absolute Gasteiger partial charge is 0.325 e. The van der Waals surface area contributed by atoms with Gasteiger partial charge < -0.3 is 10.6 Å². The van der Waals surface area contributed by atoms with Crippen molar-refractivity contribution in [1.29, 1.82) is 0 Å². The predicted molar refractivity (Wildman–Crippen MR) is 107 cm³/mol. The lowest BCUT2D eigenvalue weighted by Gasteiger charge is -2.15. The van der Waals surface area contributed by atoms with Crippen molar-refractivity contribution < 1.29 is 14.4 Å². The summed E-state index contributed by atoms with van der Waals surface area (Å²) >= 11 is 1.36. The normalized spacial score (nSPS) is 17.6. The van der Waals surface area contributed by atoms with E-state index in [9.17, 15) is 14.4 Å². The third-order valence-electron chi connectivity index (χ3n) is 5.15. The van der Waals surface area contributed by atoms with Crippen LogP contribution in [0.4, 0.5) is 9.93 Å². The van der Waals surface area contributed by atoms with Crippen LogP contribution in [-0.2, 0) is 22.4 Å². The molecular weight excluding hydrogens is 376 g/mol. The quantitative estimate of drug-likeness (QED) is 0.758. The number of hydrogen-bond donors (Lipinski definition) is 2. The molecule has 0 saturated carbocycles. The number of hydrogen-bond acceptors (Lipinski definition) is 5. The van der Waals surface area contributed by atoms with Crippen molar-refractivity contribution in [3.05, 3.63) is 34.7 Å². The van der Waals surface area contributed by atoms with E-state index >= 15 is 0 Å². The number of nitrogens with zero attached hydrogens (tertiary/aromatic N) is 2. The van der Waals surface area contributed by atoms with Crippen molar-refractivity contribution >= 4 is 34.3 Å². The summed E-state index contributed by atoms with van der Waals surface area (Å²) in [4.78, 5) is 41.8. The summed E-state index contributed by atoms with van der Waals surface area (Å²) in [5.41, 5.74) is 3.77. The molecule has 1 aromatic carbocycles. The number of benzene rings is 1. The van der Waals surface area contributed by atoms with Crippen molar-refractivity contribution in [2.75, 3.05) is 11.9 Å². The van der Waals surface area contributed by atoms with Gasteiger partial charge in [-0.2, -0.15) is 0 Å². The first-order valence-corrected chi connectivity index (χ1v) is 10.2. The SMILES string of the molecule is CC1(C)NC(=O)N(CCC(=O)Nc2nc(-c3ccc4c(c3)CCC4)cs2)C1=O. The number of urea groups is 1. The van der Waals surface area contributed by atoms with E-state index in [1.807, 2.05) is 5.38 Å². The second-order valence-electron chi connectivity index (χ2n) is 7.69. The predicted octanol–water partition coefficient (Wildman–Crippen LogP) is 2.96. The Balaban J connectivity index is 1.36. The van der Waals surface area contributed by atoms with Crippen molar-refractivity contribution in [2.24, 2.45) is 0 Å². The number of fused-ring (bicyclic) bond motifs is 1. The number of aromatic nitrogens is 1. The van der Waals surface area contributed by atoms with Gasteiger partial charge in [0.05, 0.1) is 5.69 Å². The summed E-state index contributed by atoms with van der Waals surface area (Å²) in [5, 5.41) is 7.79. The molecule has 2 N–H and O–H groups in total. The molecule has 1 aliphatic carbocycles. The fourth-order valence-corrected chi connectivity index (χ4v) is 4.35. The first-order chi connectivity index (χ1) is 13.3. The molecule has 1 aromatic heterocycles. The van der Waals surface area contributed by atoms with Crippen LogP contribution in [0.1, 0.15) is 37.8 Å². The molecule has 4 amide bonds. The topological polar surface area (TPSA) is 91.4 Å². The monoisotopic (exact) mass is 398 g/mol. The van der Waals surface area contributed by atoms with Gasteiger partial charge in [0, 0.05) is 23.9 Å². The molecule has 28 heavy (non-hydrogen) atoms. The summed E-state index contributed by atoms with van der Waals surface area (Å²) in [7, 11) is 0. The van der Waals surface area contributed by atoms with Gasteiger partial charge in [-0.25, -0.2) is 9.78 Å². The molecule has 2 aromatic rings. The van der Waals surface area contributed by atoms with Gasteiger partial charge in [-0.1, -0.05) is 12.1 Å². The van der Waals surface area contributed by atoms with Crippen LogP contribution in [0.5, 0.6) is 0 Å². The molecular formula is C20H22N4O3S. The Bertz CT molecular complexity index is 966. The van der Waals surface area contributed by atoms with Gasteiger partial charge in [0.2, 0.25) is 5.91 Å². The Labute approximate surface area is 167 Å². The average molecular weight is 398 g/mol. The first-order valence-electron chi connectivity index (χ1n) is 9.35. The molecule has 1 aliphatic heterocycles. The summed E-state index contributed by atoms with van der Waals surface area (Å²) in [6, 6.07) is 5.96. The zero-order chi connectivity index (χ0) is 19.9. The van der Waals surface area contributed by atoms with Crippen LogP contribution in [0.3, 0.4) is 0 Å². The number of aryl methyl sites for hydroxylation is 2. The van der Waals surface area contributed by atoms with Crippen LogP contribution >= 0.6 is 11.3 Å². The lowest BCUT2D eigenvalue weighted by molar-refractivity contribution is -0.130. The van der Waals surface area contributed by atoms with E-state index in [0.29, 0.717) is 5.13 Å². The number of imide groups is 1. The van der Waals surface area contributed by atoms with Crippen LogP contribution in [-0.4, -0.2) is 39.8 Å². The number of amides is 4. The van der Waals surface area contributed by atoms with Gasteiger partial charge in [0.25, 0.3) is 5.91 Å². The van der Waals surface area contributed by atoms with Gasteiger partial charge >= 0.3 is 6.03 Å². The van der Waals surface area contributed by atoms with Crippen molar-refractivity contribution in [3.8, 4) is 11.3 Å². The fraction of sp³-hybridized carbons (Fsp3) is 0.400. The Kier molecular flexibility index (Phi) is 4.66. The van der Waals surface area contributed by atoms with Crippen LogP contribution in [0, 0.1) is 0 Å². The third-order valence-corrected chi connectivity index (χ3v) is 5.91. The van der Waals surface area contributed by atoms with Gasteiger partial charge in [0.15, 0.2) is 5.13 Å². The van der Waals surface area contributed by atoms with Gasteiger partial charge in [0.1, 0.15) is 5.54 Å². The van der Waals surface area contributed by atoms with Crippen LogP contribution < -0.4 is 10.6 Å². The smallest absolute Gasteiger partial charge is 0.324 e. The van der Waals surface area contributed by atoms with Crippen molar-refractivity contribution in [2.45, 2.75) is 45.1 Å². The minimum Gasteiger partial charge on any atom is -0.324 e. The number of carbonyl (C=O) groups is 3. The minimum absolute atomic E-state index is 0.0308. The Morgan fingerprint density at radius 3 is 2.82 bits per heavy atom. The summed E-state index contributed by atoms with van der Waals surface area (Å²) in [6.07, 6.45) is 3.48. The van der Waals surface area contributed by atoms with Crippen molar-refractivity contribution in [1.82, 2.24) is 15.2 Å². The summed E-state index contributed by atoms with van der Waals surface area (Å²) < 4.78 is 0. The van der Waals surface area contributed by atoms with Gasteiger partial charge in [-0.3, -0.25) is 14.5 Å². The van der Waals surface area contributed by atoms with E-state index in [-0.39, 0.29) is 24.8 Å². The van der Waals surface area contributed by atoms with Gasteiger partial charge in [-0.05, 0) is 50.3 Å². The van der Waals surface area contributed by atoms with E-state index in [2.05, 4.69) is 33.8 Å². The highest BCUT2D eigenvalue weighted by Gasteiger charge is 2.44. The number of carbonyl (C=O) groups excluding carboxylic acids is 3. The Hall–Kier alpha value is -2.74. The molecule has 0 radical (unpaired) electrons. The Morgan fingerprint density at radius 1 is 1.29 bits per heavy atom. The third kappa shape index (κ3) is 3.52. The number of thiazole rings is 1. The van der Waals surface area contributed by atoms with E-state index in [1.165, 1.54) is 28.9 Å². The van der Waals surface area contributed by atoms with Crippen LogP contribution in [0.25, 0.3) is 11.3 Å². The highest BCUT2D eigenvalue weighted by atomic mass is 32.1. The zero-order valence-corrected chi connectivity index (χ0v) is 16.7. The zero-order valence-electron chi connectivity index (χ0n) is 15.9. The minimum atomic E-state index is -0.923. The fourth-order valence-electron chi connectivity index (χ4n) is 3.61. The maximum Gasteiger partial charge on any atom is 0.325 e. The molecule has 0 atom stereocenters.